The maximum absolute atomic E-state index is 11.8. The minimum Gasteiger partial charge on any atom is -0.480 e. The lowest BCUT2D eigenvalue weighted by molar-refractivity contribution is -0.146. The van der Waals surface area contributed by atoms with Crippen LogP contribution < -0.4 is 10.6 Å². The van der Waals surface area contributed by atoms with Crippen molar-refractivity contribution >= 4 is 23.5 Å². The van der Waals surface area contributed by atoms with Crippen molar-refractivity contribution in [1.29, 1.82) is 0 Å². The average molecular weight is 292 g/mol. The number of nitrogens with one attached hydrogen (secondary N) is 2. The van der Waals surface area contributed by atoms with Crippen LogP contribution in [0.3, 0.4) is 0 Å². The van der Waals surface area contributed by atoms with Crippen molar-refractivity contribution in [2.24, 2.45) is 5.41 Å². The Morgan fingerprint density at radius 3 is 2.00 bits per heavy atom. The van der Waals surface area contributed by atoms with E-state index in [4.69, 9.17) is 5.11 Å². The molecule has 1 rings (SSSR count). The van der Waals surface area contributed by atoms with Crippen molar-refractivity contribution in [2.75, 3.05) is 5.32 Å². The summed E-state index contributed by atoms with van der Waals surface area (Å²) in [6, 6.07) is 5.78. The summed E-state index contributed by atoms with van der Waals surface area (Å²) in [5.41, 5.74) is 0.797. The molecule has 114 valence electrons. The molecule has 0 radical (unpaired) electrons. The molecule has 0 fully saturated rings. The Balaban J connectivity index is 2.72. The molecular formula is C15H20N2O4. The van der Waals surface area contributed by atoms with Gasteiger partial charge in [-0.05, 0) is 24.5 Å². The smallest absolute Gasteiger partial charge is 0.326 e. The Labute approximate surface area is 123 Å². The number of hydrogen-bond acceptors (Lipinski definition) is 3. The summed E-state index contributed by atoms with van der Waals surface area (Å²) < 4.78 is 0. The first-order valence-electron chi connectivity index (χ1n) is 6.52. The normalized spacial score (nSPS) is 12.4. The van der Waals surface area contributed by atoms with Gasteiger partial charge in [0.25, 0.3) is 0 Å². The molecule has 0 aromatic heterocycles. The fraction of sp³-hybridized carbons (Fsp3) is 0.400. The second-order valence-electron chi connectivity index (χ2n) is 5.93. The van der Waals surface area contributed by atoms with Crippen LogP contribution in [-0.2, 0) is 14.4 Å². The minimum absolute atomic E-state index is 0.475. The predicted octanol–water partition coefficient (Wildman–Crippen LogP) is 1.55. The fourth-order valence-electron chi connectivity index (χ4n) is 1.67. The Bertz CT molecular complexity index is 544. The van der Waals surface area contributed by atoms with E-state index < -0.39 is 29.2 Å². The molecule has 0 aliphatic rings. The van der Waals surface area contributed by atoms with Crippen LogP contribution in [0, 0.1) is 12.3 Å². The van der Waals surface area contributed by atoms with Crippen molar-refractivity contribution in [1.82, 2.24) is 5.32 Å². The summed E-state index contributed by atoms with van der Waals surface area (Å²) in [7, 11) is 0. The molecule has 1 aromatic carbocycles. The van der Waals surface area contributed by atoms with E-state index in [2.05, 4.69) is 10.6 Å². The highest BCUT2D eigenvalue weighted by Gasteiger charge is 2.34. The van der Waals surface area contributed by atoms with E-state index in [1.54, 1.807) is 45.0 Å². The van der Waals surface area contributed by atoms with E-state index in [0.717, 1.165) is 5.56 Å². The van der Waals surface area contributed by atoms with Gasteiger partial charge in [0.2, 0.25) is 0 Å². The van der Waals surface area contributed by atoms with Crippen LogP contribution in [0.25, 0.3) is 0 Å². The number of hydrogen-bond donors (Lipinski definition) is 3. The topological polar surface area (TPSA) is 95.5 Å². The maximum atomic E-state index is 11.8. The fourth-order valence-corrected chi connectivity index (χ4v) is 1.67. The van der Waals surface area contributed by atoms with Gasteiger partial charge in [-0.25, -0.2) is 4.79 Å². The lowest BCUT2D eigenvalue weighted by atomic mass is 9.87. The molecule has 1 atom stereocenters. The largest absolute Gasteiger partial charge is 0.480 e. The Kier molecular flexibility index (Phi) is 5.07. The van der Waals surface area contributed by atoms with E-state index in [-0.39, 0.29) is 0 Å². The first-order valence-corrected chi connectivity index (χ1v) is 6.52. The quantitative estimate of drug-likeness (QED) is 0.736. The number of carboxylic acids is 1. The number of amides is 2. The van der Waals surface area contributed by atoms with Crippen LogP contribution in [0.1, 0.15) is 26.3 Å². The summed E-state index contributed by atoms with van der Waals surface area (Å²) in [6.45, 7) is 6.91. The lowest BCUT2D eigenvalue weighted by Crippen LogP contribution is -2.52. The number of anilines is 1. The van der Waals surface area contributed by atoms with Gasteiger partial charge in [0.1, 0.15) is 6.04 Å². The predicted molar refractivity (Wildman–Crippen MR) is 78.8 cm³/mol. The van der Waals surface area contributed by atoms with Crippen LogP contribution in [0.15, 0.2) is 24.3 Å². The second-order valence-corrected chi connectivity index (χ2v) is 5.93. The third-order valence-electron chi connectivity index (χ3n) is 2.90. The van der Waals surface area contributed by atoms with Gasteiger partial charge >= 0.3 is 17.8 Å². The third-order valence-corrected chi connectivity index (χ3v) is 2.90. The third kappa shape index (κ3) is 4.91. The van der Waals surface area contributed by atoms with Gasteiger partial charge in [-0.3, -0.25) is 9.59 Å². The van der Waals surface area contributed by atoms with Crippen molar-refractivity contribution in [2.45, 2.75) is 33.7 Å². The second kappa shape index (κ2) is 6.39. The number of carbonyl (C=O) groups excluding carboxylic acids is 2. The zero-order valence-electron chi connectivity index (χ0n) is 12.6. The molecule has 21 heavy (non-hydrogen) atoms. The Morgan fingerprint density at radius 1 is 1.05 bits per heavy atom. The maximum Gasteiger partial charge on any atom is 0.326 e. The van der Waals surface area contributed by atoms with Crippen LogP contribution in [0.5, 0.6) is 0 Å². The van der Waals surface area contributed by atoms with E-state index in [1.165, 1.54) is 0 Å². The minimum atomic E-state index is -1.18. The summed E-state index contributed by atoms with van der Waals surface area (Å²) in [6.07, 6.45) is 0. The molecule has 0 saturated carbocycles. The summed E-state index contributed by atoms with van der Waals surface area (Å²) in [4.78, 5) is 34.7. The standard InChI is InChI=1S/C15H20N2O4/c1-9-5-7-10(8-6-9)16-12(18)13(19)17-11(14(20)21)15(2,3)4/h5-8,11H,1-4H3,(H,16,18)(H,17,19)(H,20,21). The molecule has 6 heteroatoms. The lowest BCUT2D eigenvalue weighted by Gasteiger charge is -2.27. The van der Waals surface area contributed by atoms with Crippen LogP contribution in [-0.4, -0.2) is 28.9 Å². The number of benzene rings is 1. The van der Waals surface area contributed by atoms with Crippen LogP contribution >= 0.6 is 0 Å². The molecule has 0 bridgehead atoms. The van der Waals surface area contributed by atoms with Crippen molar-refractivity contribution < 1.29 is 19.5 Å². The van der Waals surface area contributed by atoms with E-state index in [0.29, 0.717) is 5.69 Å². The summed E-state index contributed by atoms with van der Waals surface area (Å²) >= 11 is 0. The molecule has 1 aromatic rings. The van der Waals surface area contributed by atoms with Crippen LogP contribution in [0.2, 0.25) is 0 Å². The Morgan fingerprint density at radius 2 is 1.57 bits per heavy atom. The number of carbonyl (C=O) groups is 3. The number of aliphatic carboxylic acids is 1. The summed E-state index contributed by atoms with van der Waals surface area (Å²) in [5.74, 6) is -3.05. The first kappa shape index (κ1) is 16.7. The molecule has 0 spiro atoms. The Hall–Kier alpha value is -2.37. The van der Waals surface area contributed by atoms with E-state index in [9.17, 15) is 14.4 Å². The highest BCUT2D eigenvalue weighted by molar-refractivity contribution is 6.40. The first-order chi connectivity index (χ1) is 9.61. The highest BCUT2D eigenvalue weighted by atomic mass is 16.4. The molecule has 0 heterocycles. The molecule has 1 unspecified atom stereocenters. The van der Waals surface area contributed by atoms with Gasteiger partial charge in [-0.15, -0.1) is 0 Å². The van der Waals surface area contributed by atoms with Gasteiger partial charge in [-0.1, -0.05) is 38.5 Å². The van der Waals surface area contributed by atoms with Gasteiger partial charge in [0, 0.05) is 5.69 Å². The highest BCUT2D eigenvalue weighted by Crippen LogP contribution is 2.19. The zero-order valence-corrected chi connectivity index (χ0v) is 12.6. The molecule has 6 nitrogen and oxygen atoms in total. The number of carboxylic acid groups (broad SMARTS) is 1. The van der Waals surface area contributed by atoms with E-state index in [1.807, 2.05) is 6.92 Å². The SMILES string of the molecule is Cc1ccc(NC(=O)C(=O)NC(C(=O)O)C(C)(C)C)cc1. The van der Waals surface area contributed by atoms with Crippen molar-refractivity contribution in [3.8, 4) is 0 Å². The molecule has 0 aliphatic carbocycles. The monoisotopic (exact) mass is 292 g/mol. The van der Waals surface area contributed by atoms with Crippen LogP contribution in [0.4, 0.5) is 5.69 Å². The average Bonchev–Trinajstić information content (AvgIpc) is 2.36. The van der Waals surface area contributed by atoms with Gasteiger partial charge < -0.3 is 15.7 Å². The molecule has 3 N–H and O–H groups in total. The van der Waals surface area contributed by atoms with Crippen molar-refractivity contribution in [3.05, 3.63) is 29.8 Å². The van der Waals surface area contributed by atoms with Crippen molar-refractivity contribution in [3.63, 3.8) is 0 Å². The molecule has 0 aliphatic heterocycles. The number of rotatable bonds is 3. The van der Waals surface area contributed by atoms with Gasteiger partial charge in [0.05, 0.1) is 0 Å². The zero-order chi connectivity index (χ0) is 16.2. The molecule has 0 saturated heterocycles. The van der Waals surface area contributed by atoms with Gasteiger partial charge in [0.15, 0.2) is 0 Å². The molecular weight excluding hydrogens is 272 g/mol. The number of aryl methyl sites for hydroxylation is 1. The summed E-state index contributed by atoms with van der Waals surface area (Å²) in [5, 5.41) is 13.8. The van der Waals surface area contributed by atoms with Gasteiger partial charge in [-0.2, -0.15) is 0 Å². The molecule has 2 amide bonds. The van der Waals surface area contributed by atoms with E-state index >= 15 is 0 Å².